The fourth-order valence-electron chi connectivity index (χ4n) is 5.08. The van der Waals surface area contributed by atoms with Gasteiger partial charge < -0.3 is 66.3 Å². The molecule has 0 radical (unpaired) electrons. The fraction of sp³-hybridized carbons (Fsp3) is 0.976. The molecular weight excluding hydrogens is 744 g/mol. The quantitative estimate of drug-likeness (QED) is 0.0564. The third-order valence-electron chi connectivity index (χ3n) is 8.30. The molecule has 0 fully saturated rings. The van der Waals surface area contributed by atoms with Gasteiger partial charge in [-0.3, -0.25) is 0 Å². The van der Waals surface area contributed by atoms with Crippen molar-refractivity contribution in [1.82, 2.24) is 0 Å². The Kier molecular flexibility index (Phi) is 52.0. The predicted molar refractivity (Wildman–Crippen MR) is 218 cm³/mol. The van der Waals surface area contributed by atoms with Crippen molar-refractivity contribution in [3.05, 3.63) is 0 Å². The molecule has 0 aromatic rings. The first-order valence-electron chi connectivity index (χ1n) is 21.9. The number of esters is 1. The van der Waals surface area contributed by atoms with E-state index in [4.69, 9.17) is 61.6 Å². The van der Waals surface area contributed by atoms with Crippen molar-refractivity contribution < 1.29 is 71.1 Å². The lowest BCUT2D eigenvalue weighted by atomic mass is 10.0. The Bertz CT molecular complexity index is 738. The number of carbonyl (C=O) groups is 1. The summed E-state index contributed by atoms with van der Waals surface area (Å²) in [5, 5.41) is 0. The minimum absolute atomic E-state index is 0.0704. The Labute approximate surface area is 345 Å². The highest BCUT2D eigenvalue weighted by Gasteiger charge is 2.00. The molecule has 0 N–H and O–H groups in total. The third-order valence-corrected chi connectivity index (χ3v) is 8.30. The summed E-state index contributed by atoms with van der Waals surface area (Å²) in [6.45, 7) is 15.1. The van der Waals surface area contributed by atoms with Gasteiger partial charge >= 0.3 is 5.97 Å². The molecule has 342 valence electrons. The number of carbonyl (C=O) groups excluding carboxylic acids is 1. The van der Waals surface area contributed by atoms with Crippen LogP contribution in [0.4, 0.5) is 0 Å². The SMILES string of the molecule is CCCCCCCCCCCCCCCOCCOCCOCCOCCOCCOCCOCCOCCOCCOCCOCCOCCOCC(=O)OC. The first-order valence-corrected chi connectivity index (χ1v) is 21.9. The number of methoxy groups -OCH3 is 1. The van der Waals surface area contributed by atoms with E-state index in [1.807, 2.05) is 0 Å². The van der Waals surface area contributed by atoms with Crippen molar-refractivity contribution in [2.24, 2.45) is 0 Å². The summed E-state index contributed by atoms with van der Waals surface area (Å²) in [6.07, 6.45) is 17.7. The van der Waals surface area contributed by atoms with E-state index in [1.54, 1.807) is 0 Å². The van der Waals surface area contributed by atoms with E-state index in [1.165, 1.54) is 84.2 Å². The van der Waals surface area contributed by atoms with Gasteiger partial charge in [-0.2, -0.15) is 0 Å². The molecule has 0 spiro atoms. The lowest BCUT2D eigenvalue weighted by Gasteiger charge is -2.09. The van der Waals surface area contributed by atoms with Crippen LogP contribution in [0.15, 0.2) is 0 Å². The van der Waals surface area contributed by atoms with E-state index >= 15 is 0 Å². The molecule has 0 atom stereocenters. The molecule has 0 aliphatic heterocycles. The van der Waals surface area contributed by atoms with Crippen molar-refractivity contribution in [3.8, 4) is 0 Å². The molecule has 0 aromatic heterocycles. The van der Waals surface area contributed by atoms with Crippen molar-refractivity contribution in [3.63, 3.8) is 0 Å². The van der Waals surface area contributed by atoms with Crippen LogP contribution in [0, 0.1) is 0 Å². The van der Waals surface area contributed by atoms with E-state index in [0.717, 1.165) is 13.0 Å². The molecular formula is C42H84O15. The molecule has 0 saturated heterocycles. The van der Waals surface area contributed by atoms with E-state index in [-0.39, 0.29) is 6.61 Å². The lowest BCUT2D eigenvalue weighted by Crippen LogP contribution is -2.16. The van der Waals surface area contributed by atoms with E-state index in [2.05, 4.69) is 11.7 Å². The monoisotopic (exact) mass is 829 g/mol. The summed E-state index contributed by atoms with van der Waals surface area (Å²) in [6, 6.07) is 0. The van der Waals surface area contributed by atoms with Crippen LogP contribution in [0.25, 0.3) is 0 Å². The van der Waals surface area contributed by atoms with Crippen molar-refractivity contribution in [2.75, 3.05) is 179 Å². The van der Waals surface area contributed by atoms with Crippen LogP contribution in [0.3, 0.4) is 0 Å². The summed E-state index contributed by atoms with van der Waals surface area (Å²) in [5.74, 6) is -0.407. The van der Waals surface area contributed by atoms with Gasteiger partial charge in [-0.25, -0.2) is 4.79 Å². The summed E-state index contributed by atoms with van der Waals surface area (Å²) in [4.78, 5) is 10.9. The second-order valence-corrected chi connectivity index (χ2v) is 13.2. The molecule has 0 aliphatic carbocycles. The average molecular weight is 829 g/mol. The first kappa shape index (κ1) is 55.9. The van der Waals surface area contributed by atoms with Crippen molar-refractivity contribution >= 4 is 5.97 Å². The van der Waals surface area contributed by atoms with Gasteiger partial charge in [0.05, 0.1) is 166 Å². The molecule has 0 aromatic carbocycles. The second kappa shape index (κ2) is 53.0. The molecule has 0 unspecified atom stereocenters. The molecule has 15 heteroatoms. The van der Waals surface area contributed by atoms with Crippen LogP contribution in [-0.2, 0) is 71.1 Å². The standard InChI is InChI=1S/C42H84O15/c1-3-4-5-6-7-8-9-10-11-12-13-14-15-16-45-17-18-46-19-20-47-21-22-48-23-24-49-25-26-50-27-28-51-29-30-52-31-32-53-33-34-54-35-36-55-37-38-56-39-40-57-41-42(43)44-2/h3-41H2,1-2H3. The predicted octanol–water partition coefficient (Wildman–Crippen LogP) is 5.47. The highest BCUT2D eigenvalue weighted by molar-refractivity contribution is 5.70. The topological polar surface area (TPSA) is 146 Å². The van der Waals surface area contributed by atoms with Crippen LogP contribution >= 0.6 is 0 Å². The summed E-state index contributed by atoms with van der Waals surface area (Å²) in [5.41, 5.74) is 0. The van der Waals surface area contributed by atoms with E-state index in [0.29, 0.717) is 159 Å². The Balaban J connectivity index is 3.06. The Morgan fingerprint density at radius 1 is 0.263 bits per heavy atom. The first-order chi connectivity index (χ1) is 28.3. The lowest BCUT2D eigenvalue weighted by molar-refractivity contribution is -0.146. The highest BCUT2D eigenvalue weighted by Crippen LogP contribution is 2.12. The van der Waals surface area contributed by atoms with Gasteiger partial charge in [-0.15, -0.1) is 0 Å². The normalized spacial score (nSPS) is 11.5. The number of hydrogen-bond donors (Lipinski definition) is 0. The van der Waals surface area contributed by atoms with Gasteiger partial charge in [0.15, 0.2) is 0 Å². The molecule has 0 rings (SSSR count). The highest BCUT2D eigenvalue weighted by atomic mass is 16.6. The van der Waals surface area contributed by atoms with Crippen molar-refractivity contribution in [2.45, 2.75) is 90.4 Å². The minimum atomic E-state index is -0.407. The maximum absolute atomic E-state index is 10.9. The summed E-state index contributed by atoms with van der Waals surface area (Å²) in [7, 11) is 1.32. The zero-order chi connectivity index (χ0) is 41.1. The molecule has 0 bridgehead atoms. The maximum Gasteiger partial charge on any atom is 0.331 e. The molecule has 57 heavy (non-hydrogen) atoms. The van der Waals surface area contributed by atoms with Gasteiger partial charge in [-0.05, 0) is 6.42 Å². The van der Waals surface area contributed by atoms with Crippen LogP contribution in [0.2, 0.25) is 0 Å². The Hall–Kier alpha value is -1.05. The summed E-state index contributed by atoms with van der Waals surface area (Å²) < 4.78 is 75.5. The minimum Gasteiger partial charge on any atom is -0.467 e. The van der Waals surface area contributed by atoms with Gasteiger partial charge in [0, 0.05) is 6.61 Å². The molecule has 0 saturated carbocycles. The number of rotatable bonds is 52. The van der Waals surface area contributed by atoms with Crippen LogP contribution in [0.1, 0.15) is 90.4 Å². The summed E-state index contributed by atoms with van der Waals surface area (Å²) >= 11 is 0. The third kappa shape index (κ3) is 52.9. The zero-order valence-corrected chi connectivity index (χ0v) is 36.2. The zero-order valence-electron chi connectivity index (χ0n) is 36.2. The molecule has 0 amide bonds. The fourth-order valence-corrected chi connectivity index (χ4v) is 5.08. The molecule has 0 heterocycles. The number of ether oxygens (including phenoxy) is 14. The molecule has 0 aliphatic rings. The van der Waals surface area contributed by atoms with Gasteiger partial charge in [-0.1, -0.05) is 84.0 Å². The van der Waals surface area contributed by atoms with Crippen molar-refractivity contribution in [1.29, 1.82) is 0 Å². The largest absolute Gasteiger partial charge is 0.467 e. The van der Waals surface area contributed by atoms with Crippen LogP contribution in [-0.4, -0.2) is 185 Å². The Morgan fingerprint density at radius 3 is 0.684 bits per heavy atom. The van der Waals surface area contributed by atoms with E-state index < -0.39 is 5.97 Å². The number of unbranched alkanes of at least 4 members (excludes halogenated alkanes) is 12. The van der Waals surface area contributed by atoms with Gasteiger partial charge in [0.2, 0.25) is 0 Å². The van der Waals surface area contributed by atoms with Gasteiger partial charge in [0.25, 0.3) is 0 Å². The second-order valence-electron chi connectivity index (χ2n) is 13.2. The van der Waals surface area contributed by atoms with Crippen LogP contribution in [0.5, 0.6) is 0 Å². The molecule has 15 nitrogen and oxygen atoms in total. The van der Waals surface area contributed by atoms with Gasteiger partial charge in [0.1, 0.15) is 6.61 Å². The van der Waals surface area contributed by atoms with Crippen LogP contribution < -0.4 is 0 Å². The maximum atomic E-state index is 10.9. The Morgan fingerprint density at radius 2 is 0.456 bits per heavy atom. The van der Waals surface area contributed by atoms with E-state index in [9.17, 15) is 4.79 Å². The average Bonchev–Trinajstić information content (AvgIpc) is 3.22. The smallest absolute Gasteiger partial charge is 0.331 e. The number of hydrogen-bond acceptors (Lipinski definition) is 15.